The maximum absolute atomic E-state index is 13.4. The van der Waals surface area contributed by atoms with Gasteiger partial charge in [-0.05, 0) is 47.6 Å². The molecule has 32 heavy (non-hydrogen) atoms. The summed E-state index contributed by atoms with van der Waals surface area (Å²) >= 11 is 0. The maximum atomic E-state index is 13.4. The van der Waals surface area contributed by atoms with Crippen LogP contribution in [0.25, 0.3) is 5.57 Å². The molecule has 5 heteroatoms. The van der Waals surface area contributed by atoms with E-state index in [1.54, 1.807) is 0 Å². The molecule has 0 fully saturated rings. The Bertz CT molecular complexity index is 1020. The molecule has 0 atom stereocenters. The molecule has 2 aromatic carbocycles. The lowest BCUT2D eigenvalue weighted by Crippen LogP contribution is -2.37. The van der Waals surface area contributed by atoms with E-state index in [2.05, 4.69) is 43.9 Å². The van der Waals surface area contributed by atoms with Crippen LogP contribution in [0.3, 0.4) is 0 Å². The first-order valence-corrected chi connectivity index (χ1v) is 11.6. The predicted octanol–water partition coefficient (Wildman–Crippen LogP) is 4.66. The van der Waals surface area contributed by atoms with E-state index in [1.165, 1.54) is 16.0 Å². The van der Waals surface area contributed by atoms with Gasteiger partial charge in [0.2, 0.25) is 0 Å². The molecule has 2 aromatic rings. The minimum absolute atomic E-state index is 0.169. The van der Waals surface area contributed by atoms with Gasteiger partial charge < -0.3 is 9.64 Å². The molecule has 0 unspecified atom stereocenters. The molecule has 4 rings (SSSR count). The monoisotopic (exact) mass is 432 g/mol. The fourth-order valence-electron chi connectivity index (χ4n) is 4.30. The number of ether oxygens (including phenoxy) is 1. The van der Waals surface area contributed by atoms with E-state index in [0.717, 1.165) is 37.1 Å². The van der Waals surface area contributed by atoms with Gasteiger partial charge in [-0.3, -0.25) is 14.5 Å². The van der Waals surface area contributed by atoms with Crippen LogP contribution in [0.5, 0.6) is 5.75 Å². The summed E-state index contributed by atoms with van der Waals surface area (Å²) in [5, 5.41) is 0. The van der Waals surface area contributed by atoms with Crippen LogP contribution >= 0.6 is 0 Å². The van der Waals surface area contributed by atoms with Crippen molar-refractivity contribution in [2.45, 2.75) is 46.6 Å². The summed E-state index contributed by atoms with van der Waals surface area (Å²) < 4.78 is 5.80. The van der Waals surface area contributed by atoms with E-state index >= 15 is 0 Å². The number of hydrogen-bond acceptors (Lipinski definition) is 4. The Morgan fingerprint density at radius 1 is 0.969 bits per heavy atom. The second-order valence-corrected chi connectivity index (χ2v) is 9.01. The van der Waals surface area contributed by atoms with Gasteiger partial charge >= 0.3 is 0 Å². The number of amides is 2. The third kappa shape index (κ3) is 4.43. The van der Waals surface area contributed by atoms with Gasteiger partial charge in [0.1, 0.15) is 11.4 Å². The zero-order chi connectivity index (χ0) is 22.7. The Hall–Kier alpha value is -3.08. The molecule has 2 aliphatic rings. The van der Waals surface area contributed by atoms with Crippen molar-refractivity contribution in [2.75, 3.05) is 19.7 Å². The summed E-state index contributed by atoms with van der Waals surface area (Å²) in [5.41, 5.74) is 4.36. The minimum Gasteiger partial charge on any atom is -0.493 e. The van der Waals surface area contributed by atoms with Crippen molar-refractivity contribution >= 4 is 17.4 Å². The van der Waals surface area contributed by atoms with Crippen LogP contribution in [0.1, 0.15) is 50.3 Å². The molecule has 5 nitrogen and oxygen atoms in total. The lowest BCUT2D eigenvalue weighted by atomic mass is 9.98. The molecule has 2 amide bonds. The van der Waals surface area contributed by atoms with Crippen molar-refractivity contribution in [1.29, 1.82) is 0 Å². The largest absolute Gasteiger partial charge is 0.493 e. The minimum atomic E-state index is -0.187. The van der Waals surface area contributed by atoms with Crippen molar-refractivity contribution in [3.05, 3.63) is 70.9 Å². The van der Waals surface area contributed by atoms with E-state index < -0.39 is 0 Å². The number of carbonyl (C=O) groups is 2. The number of rotatable bonds is 8. The van der Waals surface area contributed by atoms with Crippen LogP contribution in [-0.4, -0.2) is 41.3 Å². The molecule has 0 saturated heterocycles. The number of fused-ring (bicyclic) bond motifs is 1. The molecule has 0 N–H and O–H groups in total. The summed E-state index contributed by atoms with van der Waals surface area (Å²) in [7, 11) is 0. The van der Waals surface area contributed by atoms with Gasteiger partial charge in [0.25, 0.3) is 11.8 Å². The molecular weight excluding hydrogens is 400 g/mol. The molecule has 0 radical (unpaired) electrons. The van der Waals surface area contributed by atoms with E-state index in [1.807, 2.05) is 30.3 Å². The van der Waals surface area contributed by atoms with Crippen LogP contribution in [-0.2, 0) is 22.6 Å². The first-order valence-electron chi connectivity index (χ1n) is 11.6. The number of unbranched alkanes of at least 4 members (excludes halogenated alkanes) is 1. The molecule has 0 aromatic heterocycles. The molecule has 0 aliphatic carbocycles. The van der Waals surface area contributed by atoms with Crippen molar-refractivity contribution < 1.29 is 14.3 Å². The number of carbonyl (C=O) groups excluding carboxylic acids is 2. The Labute approximate surface area is 190 Å². The van der Waals surface area contributed by atoms with Gasteiger partial charge in [0, 0.05) is 19.6 Å². The second-order valence-electron chi connectivity index (χ2n) is 9.01. The van der Waals surface area contributed by atoms with Gasteiger partial charge in [-0.1, -0.05) is 63.6 Å². The van der Waals surface area contributed by atoms with Gasteiger partial charge in [0.15, 0.2) is 0 Å². The summed E-state index contributed by atoms with van der Waals surface area (Å²) in [6.07, 6.45) is 2.61. The van der Waals surface area contributed by atoms with Crippen LogP contribution < -0.4 is 4.74 Å². The van der Waals surface area contributed by atoms with Crippen molar-refractivity contribution in [2.24, 2.45) is 5.92 Å². The van der Waals surface area contributed by atoms with Crippen LogP contribution in [0.15, 0.2) is 54.2 Å². The predicted molar refractivity (Wildman–Crippen MR) is 126 cm³/mol. The zero-order valence-electron chi connectivity index (χ0n) is 19.3. The maximum Gasteiger partial charge on any atom is 0.277 e. The fourth-order valence-corrected chi connectivity index (χ4v) is 4.30. The Morgan fingerprint density at radius 3 is 2.38 bits per heavy atom. The molecule has 168 valence electrons. The van der Waals surface area contributed by atoms with Crippen LogP contribution in [0.2, 0.25) is 0 Å². The average molecular weight is 433 g/mol. The first kappa shape index (κ1) is 22.1. The lowest BCUT2D eigenvalue weighted by molar-refractivity contribution is -0.137. The van der Waals surface area contributed by atoms with E-state index in [0.29, 0.717) is 36.9 Å². The van der Waals surface area contributed by atoms with E-state index in [-0.39, 0.29) is 11.8 Å². The van der Waals surface area contributed by atoms with E-state index in [9.17, 15) is 9.59 Å². The second kappa shape index (κ2) is 9.60. The lowest BCUT2D eigenvalue weighted by Gasteiger charge is -2.31. The van der Waals surface area contributed by atoms with Crippen molar-refractivity contribution in [3.63, 3.8) is 0 Å². The Balaban J connectivity index is 1.68. The molecule has 0 bridgehead atoms. The summed E-state index contributed by atoms with van der Waals surface area (Å²) in [5.74, 6) is 0.856. The highest BCUT2D eigenvalue weighted by atomic mass is 16.5. The van der Waals surface area contributed by atoms with Crippen molar-refractivity contribution in [1.82, 2.24) is 9.80 Å². The number of benzene rings is 2. The van der Waals surface area contributed by atoms with Crippen LogP contribution in [0, 0.1) is 5.92 Å². The SMILES string of the molecule is CCCCN1C(=O)C(c2ccc(OCC(C)C)cc2)=C(N2CCc3ccccc3C2)C1=O. The standard InChI is InChI=1S/C27H32N2O3/c1-4-5-15-29-26(30)24(21-10-12-23(13-11-21)32-18-19(2)3)25(27(29)31)28-16-14-20-8-6-7-9-22(20)17-28/h6-13,19H,4-5,14-18H2,1-3H3. The van der Waals surface area contributed by atoms with Crippen molar-refractivity contribution in [3.8, 4) is 5.75 Å². The third-order valence-corrected chi connectivity index (χ3v) is 6.05. The molecule has 0 spiro atoms. The molecule has 0 saturated carbocycles. The zero-order valence-corrected chi connectivity index (χ0v) is 19.3. The number of nitrogens with zero attached hydrogens (tertiary/aromatic N) is 2. The number of hydrogen-bond donors (Lipinski definition) is 0. The summed E-state index contributed by atoms with van der Waals surface area (Å²) in [4.78, 5) is 30.4. The summed E-state index contributed by atoms with van der Waals surface area (Å²) in [6.45, 7) is 8.75. The van der Waals surface area contributed by atoms with E-state index in [4.69, 9.17) is 4.74 Å². The smallest absolute Gasteiger partial charge is 0.277 e. The quantitative estimate of drug-likeness (QED) is 0.570. The molecule has 2 aliphatic heterocycles. The highest BCUT2D eigenvalue weighted by Crippen LogP contribution is 2.35. The molecule has 2 heterocycles. The summed E-state index contributed by atoms with van der Waals surface area (Å²) in [6, 6.07) is 15.9. The number of imide groups is 1. The molecular formula is C27H32N2O3. The normalized spacial score (nSPS) is 16.2. The van der Waals surface area contributed by atoms with Gasteiger partial charge in [-0.2, -0.15) is 0 Å². The fraction of sp³-hybridized carbons (Fsp3) is 0.407. The average Bonchev–Trinajstić information content (AvgIpc) is 3.05. The highest BCUT2D eigenvalue weighted by molar-refractivity contribution is 6.35. The Kier molecular flexibility index (Phi) is 6.63. The van der Waals surface area contributed by atoms with Crippen LogP contribution in [0.4, 0.5) is 0 Å². The highest BCUT2D eigenvalue weighted by Gasteiger charge is 2.41. The van der Waals surface area contributed by atoms with Gasteiger partial charge in [-0.25, -0.2) is 0 Å². The first-order chi connectivity index (χ1) is 15.5. The van der Waals surface area contributed by atoms with Gasteiger partial charge in [-0.15, -0.1) is 0 Å². The topological polar surface area (TPSA) is 49.9 Å². The Morgan fingerprint density at radius 2 is 1.69 bits per heavy atom. The van der Waals surface area contributed by atoms with Gasteiger partial charge in [0.05, 0.1) is 12.2 Å². The third-order valence-electron chi connectivity index (χ3n) is 6.05.